The molecule has 5 nitrogen and oxygen atoms in total. The summed E-state index contributed by atoms with van der Waals surface area (Å²) in [5.74, 6) is -0.0107. The fraction of sp³-hybridized carbons (Fsp3) is 0.231. The van der Waals surface area contributed by atoms with E-state index < -0.39 is 5.97 Å². The number of hydrogen-bond donors (Lipinski definition) is 2. The summed E-state index contributed by atoms with van der Waals surface area (Å²) in [7, 11) is 1.56. The number of carbonyl (C=O) groups is 1. The number of ether oxygens (including phenoxy) is 1. The van der Waals surface area contributed by atoms with Gasteiger partial charge in [0.25, 0.3) is 0 Å². The summed E-state index contributed by atoms with van der Waals surface area (Å²) in [6, 6.07) is 7.36. The van der Waals surface area contributed by atoms with Crippen LogP contribution in [-0.4, -0.2) is 28.2 Å². The number of carboxylic acid groups (broad SMARTS) is 1. The standard InChI is InChI=1S/C13H13BrN2O3/c1-19-10-5-3-2-4-8(10)9(6-12(17)18)13-15-7-11(14)16-13/h2-5,7,9H,6H2,1H3,(H,15,16)(H,17,18). The van der Waals surface area contributed by atoms with Gasteiger partial charge in [-0.3, -0.25) is 4.79 Å². The van der Waals surface area contributed by atoms with E-state index in [1.54, 1.807) is 13.3 Å². The first-order chi connectivity index (χ1) is 9.11. The van der Waals surface area contributed by atoms with Gasteiger partial charge in [0.2, 0.25) is 0 Å². The lowest BCUT2D eigenvalue weighted by Gasteiger charge is -2.16. The van der Waals surface area contributed by atoms with Gasteiger partial charge in [-0.2, -0.15) is 0 Å². The van der Waals surface area contributed by atoms with Crippen LogP contribution in [0, 0.1) is 0 Å². The molecule has 2 aromatic rings. The van der Waals surface area contributed by atoms with Crippen molar-refractivity contribution in [2.24, 2.45) is 0 Å². The average molecular weight is 325 g/mol. The number of carboxylic acids is 1. The second-order valence-electron chi connectivity index (χ2n) is 4.01. The molecule has 0 radical (unpaired) electrons. The van der Waals surface area contributed by atoms with Crippen LogP contribution in [0.4, 0.5) is 0 Å². The van der Waals surface area contributed by atoms with E-state index in [2.05, 4.69) is 25.9 Å². The van der Waals surface area contributed by atoms with Gasteiger partial charge < -0.3 is 14.8 Å². The van der Waals surface area contributed by atoms with Crippen LogP contribution in [-0.2, 0) is 4.79 Å². The summed E-state index contributed by atoms with van der Waals surface area (Å²) in [6.45, 7) is 0. The third-order valence-electron chi connectivity index (χ3n) is 2.79. The molecule has 0 aliphatic heterocycles. The number of aliphatic carboxylic acids is 1. The molecule has 2 rings (SSSR count). The first-order valence-corrected chi connectivity index (χ1v) is 6.46. The molecule has 0 aliphatic carbocycles. The highest BCUT2D eigenvalue weighted by Crippen LogP contribution is 2.33. The maximum Gasteiger partial charge on any atom is 0.304 e. The van der Waals surface area contributed by atoms with Gasteiger partial charge in [-0.25, -0.2) is 4.98 Å². The summed E-state index contributed by atoms with van der Waals surface area (Å²) in [5.41, 5.74) is 0.800. The maximum atomic E-state index is 11.1. The van der Waals surface area contributed by atoms with Gasteiger partial charge in [-0.05, 0) is 22.0 Å². The number of nitrogens with zero attached hydrogens (tertiary/aromatic N) is 1. The Morgan fingerprint density at radius 2 is 2.26 bits per heavy atom. The lowest BCUT2D eigenvalue weighted by molar-refractivity contribution is -0.137. The van der Waals surface area contributed by atoms with Gasteiger partial charge >= 0.3 is 5.97 Å². The maximum absolute atomic E-state index is 11.1. The van der Waals surface area contributed by atoms with Crippen LogP contribution < -0.4 is 4.74 Å². The molecule has 2 N–H and O–H groups in total. The number of methoxy groups -OCH3 is 1. The average Bonchev–Trinajstić information content (AvgIpc) is 2.82. The first-order valence-electron chi connectivity index (χ1n) is 5.67. The van der Waals surface area contributed by atoms with Crippen molar-refractivity contribution in [2.45, 2.75) is 12.3 Å². The molecule has 0 amide bonds. The van der Waals surface area contributed by atoms with E-state index in [-0.39, 0.29) is 12.3 Å². The highest BCUT2D eigenvalue weighted by molar-refractivity contribution is 9.10. The number of nitrogens with one attached hydrogen (secondary N) is 1. The number of imidazole rings is 1. The fourth-order valence-corrected chi connectivity index (χ4v) is 2.28. The molecule has 1 unspecified atom stereocenters. The number of aromatic amines is 1. The Labute approximate surface area is 118 Å². The molecule has 1 aromatic heterocycles. The monoisotopic (exact) mass is 324 g/mol. The Morgan fingerprint density at radius 3 is 2.84 bits per heavy atom. The number of aromatic nitrogens is 2. The molecule has 0 bridgehead atoms. The van der Waals surface area contributed by atoms with Crippen molar-refractivity contribution >= 4 is 21.9 Å². The summed E-state index contributed by atoms with van der Waals surface area (Å²) in [6.07, 6.45) is 1.56. The Hall–Kier alpha value is -1.82. The predicted molar refractivity (Wildman–Crippen MR) is 73.4 cm³/mol. The minimum Gasteiger partial charge on any atom is -0.496 e. The molecule has 0 aliphatic rings. The van der Waals surface area contributed by atoms with Crippen LogP contribution in [0.25, 0.3) is 0 Å². The van der Waals surface area contributed by atoms with Crippen molar-refractivity contribution in [2.75, 3.05) is 7.11 Å². The molecule has 100 valence electrons. The number of halogens is 1. The van der Waals surface area contributed by atoms with Gasteiger partial charge in [-0.15, -0.1) is 0 Å². The molecular formula is C13H13BrN2O3. The van der Waals surface area contributed by atoms with Crippen LogP contribution in [0.5, 0.6) is 5.75 Å². The minimum atomic E-state index is -0.886. The van der Waals surface area contributed by atoms with Crippen molar-refractivity contribution in [1.82, 2.24) is 9.97 Å². The smallest absolute Gasteiger partial charge is 0.304 e. The van der Waals surface area contributed by atoms with E-state index in [9.17, 15) is 4.79 Å². The third-order valence-corrected chi connectivity index (χ3v) is 3.19. The van der Waals surface area contributed by atoms with E-state index in [1.807, 2.05) is 24.3 Å². The summed E-state index contributed by atoms with van der Waals surface area (Å²) in [5, 5.41) is 9.08. The first kappa shape index (κ1) is 13.6. The van der Waals surface area contributed by atoms with Crippen molar-refractivity contribution in [1.29, 1.82) is 0 Å². The molecule has 1 heterocycles. The van der Waals surface area contributed by atoms with E-state index >= 15 is 0 Å². The lowest BCUT2D eigenvalue weighted by Crippen LogP contribution is -2.10. The third kappa shape index (κ3) is 3.14. The van der Waals surface area contributed by atoms with Gasteiger partial charge in [0, 0.05) is 5.56 Å². The van der Waals surface area contributed by atoms with Gasteiger partial charge in [0.15, 0.2) is 0 Å². The molecule has 19 heavy (non-hydrogen) atoms. The van der Waals surface area contributed by atoms with Gasteiger partial charge in [-0.1, -0.05) is 18.2 Å². The van der Waals surface area contributed by atoms with Crippen molar-refractivity contribution in [3.05, 3.63) is 46.5 Å². The van der Waals surface area contributed by atoms with Gasteiger partial charge in [0.05, 0.1) is 25.6 Å². The molecule has 0 fully saturated rings. The quantitative estimate of drug-likeness (QED) is 0.886. The SMILES string of the molecule is COc1ccccc1C(CC(=O)O)c1ncc(Br)[nH]1. The molecule has 0 spiro atoms. The highest BCUT2D eigenvalue weighted by Gasteiger charge is 2.23. The van der Waals surface area contributed by atoms with E-state index in [0.717, 1.165) is 5.56 Å². The zero-order valence-corrected chi connectivity index (χ0v) is 11.8. The fourth-order valence-electron chi connectivity index (χ4n) is 1.97. The normalized spacial score (nSPS) is 12.1. The molecule has 1 aromatic carbocycles. The van der Waals surface area contributed by atoms with Crippen molar-refractivity contribution < 1.29 is 14.6 Å². The number of para-hydroxylation sites is 1. The topological polar surface area (TPSA) is 75.2 Å². The van der Waals surface area contributed by atoms with Crippen LogP contribution in [0.3, 0.4) is 0 Å². The molecule has 0 saturated heterocycles. The predicted octanol–water partition coefficient (Wildman–Crippen LogP) is 2.79. The van der Waals surface area contributed by atoms with E-state index in [4.69, 9.17) is 9.84 Å². The minimum absolute atomic E-state index is 0.0552. The highest BCUT2D eigenvalue weighted by atomic mass is 79.9. The zero-order chi connectivity index (χ0) is 13.8. The van der Waals surface area contributed by atoms with Crippen molar-refractivity contribution in [3.8, 4) is 5.75 Å². The molecular weight excluding hydrogens is 312 g/mol. The Balaban J connectivity index is 2.45. The Bertz CT molecular complexity index is 583. The van der Waals surface area contributed by atoms with E-state index in [0.29, 0.717) is 16.2 Å². The van der Waals surface area contributed by atoms with E-state index in [1.165, 1.54) is 0 Å². The van der Waals surface area contributed by atoms with Crippen molar-refractivity contribution in [3.63, 3.8) is 0 Å². The Kier molecular flexibility index (Phi) is 4.21. The van der Waals surface area contributed by atoms with Crippen LogP contribution in [0.15, 0.2) is 35.1 Å². The summed E-state index contributed by atoms with van der Waals surface area (Å²) < 4.78 is 6.01. The molecule has 1 atom stereocenters. The number of benzene rings is 1. The second kappa shape index (κ2) is 5.88. The summed E-state index contributed by atoms with van der Waals surface area (Å²) >= 11 is 3.28. The second-order valence-corrected chi connectivity index (χ2v) is 4.86. The lowest BCUT2D eigenvalue weighted by atomic mass is 9.94. The van der Waals surface area contributed by atoms with Gasteiger partial charge in [0.1, 0.15) is 16.2 Å². The Morgan fingerprint density at radius 1 is 1.53 bits per heavy atom. The van der Waals surface area contributed by atoms with Crippen LogP contribution in [0.2, 0.25) is 0 Å². The molecule has 0 saturated carbocycles. The van der Waals surface area contributed by atoms with Crippen LogP contribution in [0.1, 0.15) is 23.7 Å². The number of H-pyrrole nitrogens is 1. The zero-order valence-electron chi connectivity index (χ0n) is 10.3. The number of hydrogen-bond acceptors (Lipinski definition) is 3. The molecule has 6 heteroatoms. The largest absolute Gasteiger partial charge is 0.496 e. The summed E-state index contributed by atoms with van der Waals surface area (Å²) in [4.78, 5) is 18.3. The number of rotatable bonds is 5. The van der Waals surface area contributed by atoms with Crippen LogP contribution >= 0.6 is 15.9 Å².